The molecule has 0 aromatic carbocycles. The topological polar surface area (TPSA) is 68.0 Å². The first kappa shape index (κ1) is 11.7. The Labute approximate surface area is 89.9 Å². The van der Waals surface area contributed by atoms with Gasteiger partial charge in [0, 0.05) is 6.20 Å². The second-order valence-corrected chi connectivity index (χ2v) is 3.56. The third kappa shape index (κ3) is 2.76. The lowest BCUT2D eigenvalue weighted by atomic mass is 9.93. The zero-order valence-corrected chi connectivity index (χ0v) is 9.16. The second kappa shape index (κ2) is 4.89. The highest BCUT2D eigenvalue weighted by Gasteiger charge is 2.29. The van der Waals surface area contributed by atoms with E-state index in [0.717, 1.165) is 0 Å². The molecule has 0 saturated carbocycles. The molecule has 1 aromatic heterocycles. The Balaban J connectivity index is 2.71. The van der Waals surface area contributed by atoms with Crippen LogP contribution in [0.25, 0.3) is 0 Å². The summed E-state index contributed by atoms with van der Waals surface area (Å²) in [4.78, 5) is 15.7. The van der Waals surface area contributed by atoms with Crippen LogP contribution in [0.4, 0.5) is 5.69 Å². The Morgan fingerprint density at radius 1 is 1.53 bits per heavy atom. The van der Waals surface area contributed by atoms with E-state index in [-0.39, 0.29) is 5.91 Å². The first-order chi connectivity index (χ1) is 7.12. The molecule has 1 aromatic rings. The van der Waals surface area contributed by atoms with Crippen LogP contribution in [-0.2, 0) is 4.79 Å². The number of anilines is 1. The smallest absolute Gasteiger partial charge is 0.244 e. The molecule has 4 heteroatoms. The maximum absolute atomic E-state index is 11.8. The summed E-state index contributed by atoms with van der Waals surface area (Å²) in [5.74, 6) is -0.152. The van der Waals surface area contributed by atoms with E-state index >= 15 is 0 Å². The van der Waals surface area contributed by atoms with Gasteiger partial charge in [-0.3, -0.25) is 9.78 Å². The Morgan fingerprint density at radius 2 is 2.20 bits per heavy atom. The summed E-state index contributed by atoms with van der Waals surface area (Å²) < 4.78 is 0. The van der Waals surface area contributed by atoms with Gasteiger partial charge in [0.05, 0.1) is 17.4 Å². The van der Waals surface area contributed by atoms with Gasteiger partial charge in [0.1, 0.15) is 0 Å². The average Bonchev–Trinajstić information content (AvgIpc) is 2.29. The SMILES string of the molecule is CCC(N)(CC)C(=O)Nc1cccnc1. The summed E-state index contributed by atoms with van der Waals surface area (Å²) in [6, 6.07) is 3.56. The van der Waals surface area contributed by atoms with E-state index in [2.05, 4.69) is 10.3 Å². The fourth-order valence-electron chi connectivity index (χ4n) is 1.26. The van der Waals surface area contributed by atoms with E-state index in [0.29, 0.717) is 18.5 Å². The van der Waals surface area contributed by atoms with Gasteiger partial charge >= 0.3 is 0 Å². The number of nitrogens with two attached hydrogens (primary N) is 1. The van der Waals surface area contributed by atoms with Crippen molar-refractivity contribution in [3.63, 3.8) is 0 Å². The van der Waals surface area contributed by atoms with Crippen LogP contribution >= 0.6 is 0 Å². The van der Waals surface area contributed by atoms with E-state index in [9.17, 15) is 4.79 Å². The minimum Gasteiger partial charge on any atom is -0.323 e. The minimum absolute atomic E-state index is 0.152. The number of nitrogens with zero attached hydrogens (tertiary/aromatic N) is 1. The van der Waals surface area contributed by atoms with Crippen LogP contribution in [0.2, 0.25) is 0 Å². The Hall–Kier alpha value is -1.42. The van der Waals surface area contributed by atoms with Crippen LogP contribution in [0.15, 0.2) is 24.5 Å². The van der Waals surface area contributed by atoms with Crippen molar-refractivity contribution in [1.82, 2.24) is 4.98 Å². The molecule has 15 heavy (non-hydrogen) atoms. The normalized spacial score (nSPS) is 11.1. The van der Waals surface area contributed by atoms with Crippen molar-refractivity contribution in [1.29, 1.82) is 0 Å². The number of carbonyl (C=O) groups excluding carboxylic acids is 1. The highest BCUT2D eigenvalue weighted by Crippen LogP contribution is 2.14. The van der Waals surface area contributed by atoms with Crippen LogP contribution in [0.3, 0.4) is 0 Å². The number of carbonyl (C=O) groups is 1. The number of hydrogen-bond acceptors (Lipinski definition) is 3. The van der Waals surface area contributed by atoms with E-state index in [1.165, 1.54) is 0 Å². The van der Waals surface area contributed by atoms with Crippen molar-refractivity contribution in [3.8, 4) is 0 Å². The molecule has 1 rings (SSSR count). The van der Waals surface area contributed by atoms with Gasteiger partial charge in [0.2, 0.25) is 5.91 Å². The second-order valence-electron chi connectivity index (χ2n) is 3.56. The molecule has 0 radical (unpaired) electrons. The lowest BCUT2D eigenvalue weighted by Crippen LogP contribution is -2.50. The molecule has 0 aliphatic carbocycles. The van der Waals surface area contributed by atoms with Crippen molar-refractivity contribution < 1.29 is 4.79 Å². The molecule has 3 N–H and O–H groups in total. The van der Waals surface area contributed by atoms with Crippen molar-refractivity contribution >= 4 is 11.6 Å². The Bertz CT molecular complexity index is 320. The number of nitrogens with one attached hydrogen (secondary N) is 1. The number of amides is 1. The molecule has 0 unspecified atom stereocenters. The maximum Gasteiger partial charge on any atom is 0.244 e. The molecule has 1 heterocycles. The van der Waals surface area contributed by atoms with Crippen LogP contribution in [0.1, 0.15) is 26.7 Å². The summed E-state index contributed by atoms with van der Waals surface area (Å²) >= 11 is 0. The van der Waals surface area contributed by atoms with Gasteiger partial charge in [-0.05, 0) is 25.0 Å². The average molecular weight is 207 g/mol. The molecule has 0 bridgehead atoms. The predicted molar refractivity (Wildman–Crippen MR) is 60.4 cm³/mol. The number of rotatable bonds is 4. The van der Waals surface area contributed by atoms with Gasteiger partial charge in [-0.2, -0.15) is 0 Å². The van der Waals surface area contributed by atoms with Crippen LogP contribution < -0.4 is 11.1 Å². The largest absolute Gasteiger partial charge is 0.323 e. The zero-order valence-electron chi connectivity index (χ0n) is 9.16. The molecule has 1 amide bonds. The first-order valence-electron chi connectivity index (χ1n) is 5.12. The summed E-state index contributed by atoms with van der Waals surface area (Å²) in [5, 5.41) is 2.76. The molecule has 82 valence electrons. The lowest BCUT2D eigenvalue weighted by molar-refractivity contribution is -0.121. The van der Waals surface area contributed by atoms with Crippen molar-refractivity contribution in [3.05, 3.63) is 24.5 Å². The standard InChI is InChI=1S/C11H17N3O/c1-3-11(12,4-2)10(15)14-9-6-5-7-13-8-9/h5-8H,3-4,12H2,1-2H3,(H,14,15). The van der Waals surface area contributed by atoms with Crippen molar-refractivity contribution in [2.75, 3.05) is 5.32 Å². The fraction of sp³-hybridized carbons (Fsp3) is 0.455. The summed E-state index contributed by atoms with van der Waals surface area (Å²) in [7, 11) is 0. The van der Waals surface area contributed by atoms with Gasteiger partial charge in [0.15, 0.2) is 0 Å². The van der Waals surface area contributed by atoms with Gasteiger partial charge in [0.25, 0.3) is 0 Å². The molecule has 0 atom stereocenters. The van der Waals surface area contributed by atoms with E-state index in [1.54, 1.807) is 24.5 Å². The molecule has 4 nitrogen and oxygen atoms in total. The van der Waals surface area contributed by atoms with Crippen LogP contribution in [0.5, 0.6) is 0 Å². The summed E-state index contributed by atoms with van der Waals surface area (Å²) in [6.45, 7) is 3.82. The van der Waals surface area contributed by atoms with Crippen molar-refractivity contribution in [2.45, 2.75) is 32.2 Å². The number of hydrogen-bond donors (Lipinski definition) is 2. The first-order valence-corrected chi connectivity index (χ1v) is 5.12. The lowest BCUT2D eigenvalue weighted by Gasteiger charge is -2.24. The van der Waals surface area contributed by atoms with Gasteiger partial charge < -0.3 is 11.1 Å². The summed E-state index contributed by atoms with van der Waals surface area (Å²) in [5.41, 5.74) is 5.85. The quantitative estimate of drug-likeness (QED) is 0.786. The van der Waals surface area contributed by atoms with Crippen molar-refractivity contribution in [2.24, 2.45) is 5.73 Å². The highest BCUT2D eigenvalue weighted by molar-refractivity contribution is 5.97. The van der Waals surface area contributed by atoms with E-state index in [1.807, 2.05) is 13.8 Å². The highest BCUT2D eigenvalue weighted by atomic mass is 16.2. The third-order valence-electron chi connectivity index (χ3n) is 2.63. The molecular formula is C11H17N3O. The fourth-order valence-corrected chi connectivity index (χ4v) is 1.26. The summed E-state index contributed by atoms with van der Waals surface area (Å²) in [6.07, 6.45) is 4.50. The Kier molecular flexibility index (Phi) is 3.80. The van der Waals surface area contributed by atoms with Gasteiger partial charge in [-0.25, -0.2) is 0 Å². The van der Waals surface area contributed by atoms with Crippen LogP contribution in [0, 0.1) is 0 Å². The molecule has 0 aliphatic heterocycles. The molecule has 0 spiro atoms. The van der Waals surface area contributed by atoms with E-state index < -0.39 is 5.54 Å². The van der Waals surface area contributed by atoms with Gasteiger partial charge in [-0.15, -0.1) is 0 Å². The van der Waals surface area contributed by atoms with Gasteiger partial charge in [-0.1, -0.05) is 13.8 Å². The molecule has 0 aliphatic rings. The minimum atomic E-state index is -0.782. The number of aromatic nitrogens is 1. The molecule has 0 saturated heterocycles. The van der Waals surface area contributed by atoms with Crippen LogP contribution in [-0.4, -0.2) is 16.4 Å². The zero-order chi connectivity index (χ0) is 11.3. The van der Waals surface area contributed by atoms with E-state index in [4.69, 9.17) is 5.73 Å². The molecular weight excluding hydrogens is 190 g/mol. The monoisotopic (exact) mass is 207 g/mol. The number of pyridine rings is 1. The molecule has 0 fully saturated rings. The Morgan fingerprint density at radius 3 is 2.67 bits per heavy atom. The predicted octanol–water partition coefficient (Wildman–Crippen LogP) is 1.54. The third-order valence-corrected chi connectivity index (χ3v) is 2.63. The maximum atomic E-state index is 11.8.